The quantitative estimate of drug-likeness (QED) is 0.706. The molecule has 0 aliphatic heterocycles. The summed E-state index contributed by atoms with van der Waals surface area (Å²) in [5.74, 6) is -0.828. The van der Waals surface area contributed by atoms with Gasteiger partial charge in [0.1, 0.15) is 5.01 Å². The van der Waals surface area contributed by atoms with Crippen LogP contribution in [0.15, 0.2) is 29.6 Å². The smallest absolute Gasteiger partial charge is 0.156 e. The van der Waals surface area contributed by atoms with Crippen LogP contribution in [0.4, 0.5) is 0 Å². The minimum absolute atomic E-state index is 0.0540. The SMILES string of the molecule is CCCCCC(=O)[C@H](C#N)c1nc(-c2ccc(C#N)cc2)cs1. The van der Waals surface area contributed by atoms with Gasteiger partial charge in [0.25, 0.3) is 0 Å². The zero-order chi connectivity index (χ0) is 16.7. The van der Waals surface area contributed by atoms with Crippen LogP contribution in [0, 0.1) is 22.7 Å². The number of thiazole rings is 1. The predicted octanol–water partition coefficient (Wildman–Crippen LogP) is 4.44. The van der Waals surface area contributed by atoms with Crippen LogP contribution in [-0.2, 0) is 4.79 Å². The molecule has 1 aromatic carbocycles. The molecule has 116 valence electrons. The Bertz CT molecular complexity index is 750. The third-order valence-corrected chi connectivity index (χ3v) is 4.47. The number of benzene rings is 1. The largest absolute Gasteiger partial charge is 0.298 e. The van der Waals surface area contributed by atoms with Crippen molar-refractivity contribution in [1.82, 2.24) is 4.98 Å². The van der Waals surface area contributed by atoms with E-state index in [2.05, 4.69) is 24.0 Å². The van der Waals surface area contributed by atoms with E-state index in [1.807, 2.05) is 17.5 Å². The van der Waals surface area contributed by atoms with E-state index in [1.54, 1.807) is 12.1 Å². The lowest BCUT2D eigenvalue weighted by atomic mass is 10.0. The molecular weight excluding hydrogens is 306 g/mol. The number of nitrogens with zero attached hydrogens (tertiary/aromatic N) is 3. The summed E-state index contributed by atoms with van der Waals surface area (Å²) in [5, 5.41) is 20.5. The van der Waals surface area contributed by atoms with Crippen LogP contribution in [0.25, 0.3) is 11.3 Å². The van der Waals surface area contributed by atoms with E-state index in [-0.39, 0.29) is 5.78 Å². The van der Waals surface area contributed by atoms with E-state index in [0.29, 0.717) is 17.0 Å². The van der Waals surface area contributed by atoms with Gasteiger partial charge in [-0.15, -0.1) is 11.3 Å². The van der Waals surface area contributed by atoms with Gasteiger partial charge in [0.15, 0.2) is 11.7 Å². The highest BCUT2D eigenvalue weighted by atomic mass is 32.1. The fraction of sp³-hybridized carbons (Fsp3) is 0.333. The maximum Gasteiger partial charge on any atom is 0.156 e. The van der Waals surface area contributed by atoms with Gasteiger partial charge in [-0.2, -0.15) is 10.5 Å². The molecule has 2 rings (SSSR count). The monoisotopic (exact) mass is 323 g/mol. The van der Waals surface area contributed by atoms with Gasteiger partial charge in [0.2, 0.25) is 0 Å². The second-order valence-electron chi connectivity index (χ2n) is 5.25. The van der Waals surface area contributed by atoms with E-state index in [0.717, 1.165) is 30.5 Å². The van der Waals surface area contributed by atoms with Gasteiger partial charge in [0, 0.05) is 17.4 Å². The highest BCUT2D eigenvalue weighted by molar-refractivity contribution is 7.10. The van der Waals surface area contributed by atoms with E-state index < -0.39 is 5.92 Å². The molecule has 0 bridgehead atoms. The van der Waals surface area contributed by atoms with Crippen LogP contribution in [-0.4, -0.2) is 10.8 Å². The van der Waals surface area contributed by atoms with Crippen molar-refractivity contribution < 1.29 is 4.79 Å². The van der Waals surface area contributed by atoms with Gasteiger partial charge in [0.05, 0.1) is 23.4 Å². The highest BCUT2D eigenvalue weighted by Gasteiger charge is 2.23. The summed E-state index contributed by atoms with van der Waals surface area (Å²) in [5.41, 5.74) is 2.20. The lowest BCUT2D eigenvalue weighted by Gasteiger charge is -2.04. The summed E-state index contributed by atoms with van der Waals surface area (Å²) in [7, 11) is 0. The molecule has 1 aromatic heterocycles. The Kier molecular flexibility index (Phi) is 6.02. The van der Waals surface area contributed by atoms with Gasteiger partial charge < -0.3 is 0 Å². The van der Waals surface area contributed by atoms with Crippen LogP contribution in [0.1, 0.15) is 49.1 Å². The Morgan fingerprint density at radius 1 is 1.26 bits per heavy atom. The molecule has 5 heteroatoms. The summed E-state index contributed by atoms with van der Waals surface area (Å²) < 4.78 is 0. The number of carbonyl (C=O) groups excluding carboxylic acids is 1. The van der Waals surface area contributed by atoms with Crippen LogP contribution in [0.2, 0.25) is 0 Å². The molecule has 0 aliphatic carbocycles. The number of ketones is 1. The molecule has 0 saturated heterocycles. The zero-order valence-electron chi connectivity index (χ0n) is 13.0. The number of hydrogen-bond acceptors (Lipinski definition) is 5. The molecule has 0 spiro atoms. The maximum atomic E-state index is 12.2. The Balaban J connectivity index is 2.14. The first-order valence-corrected chi connectivity index (χ1v) is 8.45. The van der Waals surface area contributed by atoms with E-state index in [9.17, 15) is 10.1 Å². The van der Waals surface area contributed by atoms with Crippen LogP contribution >= 0.6 is 11.3 Å². The third-order valence-electron chi connectivity index (χ3n) is 3.56. The number of aromatic nitrogens is 1. The van der Waals surface area contributed by atoms with Crippen molar-refractivity contribution in [2.75, 3.05) is 0 Å². The van der Waals surface area contributed by atoms with Crippen LogP contribution in [0.3, 0.4) is 0 Å². The van der Waals surface area contributed by atoms with Gasteiger partial charge in [-0.1, -0.05) is 31.9 Å². The summed E-state index contributed by atoms with van der Waals surface area (Å²) in [6.45, 7) is 2.08. The van der Waals surface area contributed by atoms with E-state index in [1.165, 1.54) is 11.3 Å². The first-order chi connectivity index (χ1) is 11.2. The van der Waals surface area contributed by atoms with Crippen molar-refractivity contribution in [3.8, 4) is 23.4 Å². The molecule has 4 nitrogen and oxygen atoms in total. The summed E-state index contributed by atoms with van der Waals surface area (Å²) in [6, 6.07) is 11.3. The van der Waals surface area contributed by atoms with Crippen molar-refractivity contribution in [1.29, 1.82) is 10.5 Å². The fourth-order valence-electron chi connectivity index (χ4n) is 2.23. The molecule has 1 atom stereocenters. The van der Waals surface area contributed by atoms with Gasteiger partial charge in [-0.05, 0) is 18.6 Å². The van der Waals surface area contributed by atoms with Gasteiger partial charge in [-0.25, -0.2) is 4.98 Å². The first-order valence-electron chi connectivity index (χ1n) is 7.58. The Morgan fingerprint density at radius 2 is 2.00 bits per heavy atom. The molecular formula is C18H17N3OS. The van der Waals surface area contributed by atoms with Crippen molar-refractivity contribution in [3.05, 3.63) is 40.2 Å². The van der Waals surface area contributed by atoms with Crippen molar-refractivity contribution in [2.24, 2.45) is 0 Å². The second kappa shape index (κ2) is 8.22. The molecule has 1 heterocycles. The first kappa shape index (κ1) is 16.9. The van der Waals surface area contributed by atoms with Gasteiger partial charge >= 0.3 is 0 Å². The van der Waals surface area contributed by atoms with Crippen LogP contribution in [0.5, 0.6) is 0 Å². The maximum absolute atomic E-state index is 12.2. The molecule has 0 saturated carbocycles. The lowest BCUT2D eigenvalue weighted by molar-refractivity contribution is -0.119. The third kappa shape index (κ3) is 4.25. The number of unbranched alkanes of at least 4 members (excludes halogenated alkanes) is 2. The highest BCUT2D eigenvalue weighted by Crippen LogP contribution is 2.28. The Labute approximate surface area is 140 Å². The number of rotatable bonds is 7. The second-order valence-corrected chi connectivity index (χ2v) is 6.14. The van der Waals surface area contributed by atoms with Crippen molar-refractivity contribution in [2.45, 2.75) is 38.5 Å². The number of Topliss-reactive ketones (excluding diaryl/α,β-unsaturated/α-hetero) is 1. The lowest BCUT2D eigenvalue weighted by Crippen LogP contribution is -2.10. The molecule has 0 unspecified atom stereocenters. The number of nitriles is 2. The minimum Gasteiger partial charge on any atom is -0.298 e. The Hall–Kier alpha value is -2.50. The zero-order valence-corrected chi connectivity index (χ0v) is 13.8. The molecule has 23 heavy (non-hydrogen) atoms. The summed E-state index contributed by atoms with van der Waals surface area (Å²) in [4.78, 5) is 16.6. The topological polar surface area (TPSA) is 77.5 Å². The molecule has 2 aromatic rings. The van der Waals surface area contributed by atoms with E-state index in [4.69, 9.17) is 5.26 Å². The minimum atomic E-state index is -0.774. The fourth-order valence-corrected chi connectivity index (χ4v) is 3.12. The molecule has 0 amide bonds. The molecule has 0 fully saturated rings. The molecule has 0 aliphatic rings. The predicted molar refractivity (Wildman–Crippen MR) is 89.8 cm³/mol. The van der Waals surface area contributed by atoms with E-state index >= 15 is 0 Å². The molecule has 0 radical (unpaired) electrons. The van der Waals surface area contributed by atoms with Crippen molar-refractivity contribution in [3.63, 3.8) is 0 Å². The standard InChI is InChI=1S/C18H17N3OS/c1-2-3-4-5-17(22)15(11-20)18-21-16(12-23-18)14-8-6-13(10-19)7-9-14/h6-9,12,15H,2-5H2,1H3/t15-/m0/s1. The normalized spacial score (nSPS) is 11.4. The summed E-state index contributed by atoms with van der Waals surface area (Å²) in [6.07, 6.45) is 3.29. The number of hydrogen-bond donors (Lipinski definition) is 0. The van der Waals surface area contributed by atoms with Crippen molar-refractivity contribution >= 4 is 17.1 Å². The van der Waals surface area contributed by atoms with Gasteiger partial charge in [-0.3, -0.25) is 4.79 Å². The Morgan fingerprint density at radius 3 is 2.61 bits per heavy atom. The summed E-state index contributed by atoms with van der Waals surface area (Å²) >= 11 is 1.34. The molecule has 0 N–H and O–H groups in total. The average molecular weight is 323 g/mol. The number of carbonyl (C=O) groups is 1. The van der Waals surface area contributed by atoms with Crippen LogP contribution < -0.4 is 0 Å². The average Bonchev–Trinajstić information content (AvgIpc) is 3.05.